The maximum Gasteiger partial charge on any atom is 0.258 e. The Bertz CT molecular complexity index is 896. The largest absolute Gasteiger partial charge is 0.272 e. The number of halogens is 1. The molecule has 5 rings (SSSR count). The number of fused-ring (bicyclic) bond motifs is 5. The average Bonchev–Trinajstić information content (AvgIpc) is 3.31. The van der Waals surface area contributed by atoms with Crippen LogP contribution in [-0.4, -0.2) is 33.9 Å². The third-order valence-electron chi connectivity index (χ3n) is 6.01. The van der Waals surface area contributed by atoms with Gasteiger partial charge in [0.2, 0.25) is 0 Å². The summed E-state index contributed by atoms with van der Waals surface area (Å²) in [5, 5.41) is 4.18. The molecule has 0 N–H and O–H groups in total. The first kappa shape index (κ1) is 15.9. The van der Waals surface area contributed by atoms with Crippen molar-refractivity contribution in [3.8, 4) is 11.1 Å². The maximum absolute atomic E-state index is 13.1. The van der Waals surface area contributed by atoms with Crippen LogP contribution in [0.3, 0.4) is 0 Å². The standard InChI is InChI=1S/C21H19ClN2O2/c1-12-2-3-14(13-4-6-15(22)7-5-13)10-18(12)19-20(25)23-16-8-9-17(11-16)24(23)21(19)26/h2-7,10,16-17,19H,8-9,11H2,1H3. The van der Waals surface area contributed by atoms with E-state index in [1.165, 1.54) is 0 Å². The summed E-state index contributed by atoms with van der Waals surface area (Å²) in [7, 11) is 0. The number of aryl methyl sites for hydroxylation is 1. The van der Waals surface area contributed by atoms with Crippen LogP contribution in [0.25, 0.3) is 11.1 Å². The van der Waals surface area contributed by atoms with Gasteiger partial charge in [-0.05, 0) is 66.6 Å². The Labute approximate surface area is 157 Å². The lowest BCUT2D eigenvalue weighted by Gasteiger charge is -2.31. The zero-order chi connectivity index (χ0) is 18.0. The minimum atomic E-state index is -0.703. The molecule has 3 aliphatic rings. The summed E-state index contributed by atoms with van der Waals surface area (Å²) >= 11 is 5.98. The van der Waals surface area contributed by atoms with Gasteiger partial charge >= 0.3 is 0 Å². The zero-order valence-electron chi connectivity index (χ0n) is 14.5. The molecule has 26 heavy (non-hydrogen) atoms. The number of nitrogens with zero attached hydrogens (tertiary/aromatic N) is 2. The fourth-order valence-corrected chi connectivity index (χ4v) is 4.84. The van der Waals surface area contributed by atoms with E-state index in [1.54, 1.807) is 10.0 Å². The summed E-state index contributed by atoms with van der Waals surface area (Å²) in [6.45, 7) is 1.97. The lowest BCUT2D eigenvalue weighted by Crippen LogP contribution is -2.45. The Balaban J connectivity index is 1.56. The third-order valence-corrected chi connectivity index (χ3v) is 6.27. The van der Waals surface area contributed by atoms with Crippen LogP contribution in [0.1, 0.15) is 36.3 Å². The van der Waals surface area contributed by atoms with E-state index in [0.29, 0.717) is 5.02 Å². The first-order chi connectivity index (χ1) is 12.5. The van der Waals surface area contributed by atoms with Crippen molar-refractivity contribution in [1.29, 1.82) is 0 Å². The average molecular weight is 367 g/mol. The highest BCUT2D eigenvalue weighted by atomic mass is 35.5. The molecular weight excluding hydrogens is 348 g/mol. The Kier molecular flexibility index (Phi) is 3.41. The molecule has 2 aliphatic heterocycles. The second-order valence-electron chi connectivity index (χ2n) is 7.50. The van der Waals surface area contributed by atoms with Crippen molar-refractivity contribution < 1.29 is 9.59 Å². The van der Waals surface area contributed by atoms with Crippen LogP contribution in [0.15, 0.2) is 42.5 Å². The van der Waals surface area contributed by atoms with Crippen LogP contribution in [0.5, 0.6) is 0 Å². The number of carbonyl (C=O) groups is 2. The molecule has 0 radical (unpaired) electrons. The van der Waals surface area contributed by atoms with Gasteiger partial charge in [-0.1, -0.05) is 35.9 Å². The van der Waals surface area contributed by atoms with Crippen LogP contribution in [-0.2, 0) is 9.59 Å². The van der Waals surface area contributed by atoms with Crippen LogP contribution in [0.2, 0.25) is 5.02 Å². The molecule has 2 aromatic rings. The summed E-state index contributed by atoms with van der Waals surface area (Å²) in [5.41, 5.74) is 3.81. The molecule has 2 aromatic carbocycles. The Hall–Kier alpha value is -2.33. The molecule has 132 valence electrons. The Morgan fingerprint density at radius 1 is 0.885 bits per heavy atom. The lowest BCUT2D eigenvalue weighted by atomic mass is 9.90. The quantitative estimate of drug-likeness (QED) is 0.756. The fourth-order valence-electron chi connectivity index (χ4n) is 4.71. The number of rotatable bonds is 2. The summed E-state index contributed by atoms with van der Waals surface area (Å²) < 4.78 is 0. The molecular formula is C21H19ClN2O2. The number of hydrogen-bond acceptors (Lipinski definition) is 2. The zero-order valence-corrected chi connectivity index (χ0v) is 15.2. The van der Waals surface area contributed by atoms with Gasteiger partial charge in [0, 0.05) is 5.02 Å². The van der Waals surface area contributed by atoms with Gasteiger partial charge in [0.1, 0.15) is 5.92 Å². The van der Waals surface area contributed by atoms with E-state index < -0.39 is 5.92 Å². The molecule has 3 fully saturated rings. The maximum atomic E-state index is 13.1. The van der Waals surface area contributed by atoms with E-state index in [0.717, 1.165) is 41.5 Å². The van der Waals surface area contributed by atoms with Crippen molar-refractivity contribution in [3.63, 3.8) is 0 Å². The molecule has 1 aliphatic carbocycles. The normalized spacial score (nSPS) is 26.8. The van der Waals surface area contributed by atoms with Gasteiger partial charge in [-0.15, -0.1) is 0 Å². The van der Waals surface area contributed by atoms with Gasteiger partial charge in [0.05, 0.1) is 12.1 Å². The topological polar surface area (TPSA) is 40.6 Å². The SMILES string of the molecule is Cc1ccc(-c2ccc(Cl)cc2)cc1C1C(=O)N2C3CCC(C3)N2C1=O. The van der Waals surface area contributed by atoms with Crippen molar-refractivity contribution in [1.82, 2.24) is 10.0 Å². The van der Waals surface area contributed by atoms with Crippen molar-refractivity contribution in [2.75, 3.05) is 0 Å². The number of carbonyl (C=O) groups excluding carboxylic acids is 2. The van der Waals surface area contributed by atoms with Gasteiger partial charge < -0.3 is 0 Å². The highest BCUT2D eigenvalue weighted by Gasteiger charge is 2.58. The minimum Gasteiger partial charge on any atom is -0.272 e. The molecule has 1 saturated carbocycles. The van der Waals surface area contributed by atoms with E-state index in [2.05, 4.69) is 0 Å². The second kappa shape index (κ2) is 5.58. The first-order valence-corrected chi connectivity index (χ1v) is 9.45. The van der Waals surface area contributed by atoms with Crippen molar-refractivity contribution in [2.24, 2.45) is 0 Å². The van der Waals surface area contributed by atoms with E-state index >= 15 is 0 Å². The minimum absolute atomic E-state index is 0.0569. The van der Waals surface area contributed by atoms with Gasteiger partial charge in [-0.2, -0.15) is 0 Å². The summed E-state index contributed by atoms with van der Waals surface area (Å²) in [6.07, 6.45) is 2.96. The molecule has 2 bridgehead atoms. The molecule has 2 atom stereocenters. The van der Waals surface area contributed by atoms with Crippen molar-refractivity contribution >= 4 is 23.4 Å². The van der Waals surface area contributed by atoms with E-state index in [4.69, 9.17) is 11.6 Å². The highest BCUT2D eigenvalue weighted by molar-refractivity contribution is 6.30. The number of amides is 2. The third kappa shape index (κ3) is 2.15. The molecule has 2 heterocycles. The number of hydrazine groups is 1. The van der Waals surface area contributed by atoms with Gasteiger partial charge in [0.25, 0.3) is 11.8 Å². The Morgan fingerprint density at radius 3 is 2.08 bits per heavy atom. The summed E-state index contributed by atoms with van der Waals surface area (Å²) in [5.74, 6) is -0.817. The van der Waals surface area contributed by atoms with E-state index in [-0.39, 0.29) is 23.9 Å². The monoisotopic (exact) mass is 366 g/mol. The van der Waals surface area contributed by atoms with Crippen LogP contribution < -0.4 is 0 Å². The van der Waals surface area contributed by atoms with Gasteiger partial charge in [0.15, 0.2) is 0 Å². The molecule has 0 aromatic heterocycles. The van der Waals surface area contributed by atoms with Crippen LogP contribution in [0, 0.1) is 6.92 Å². The highest BCUT2D eigenvalue weighted by Crippen LogP contribution is 2.46. The predicted octanol–water partition coefficient (Wildman–Crippen LogP) is 3.92. The fraction of sp³-hybridized carbons (Fsp3) is 0.333. The first-order valence-electron chi connectivity index (χ1n) is 9.07. The molecule has 2 unspecified atom stereocenters. The second-order valence-corrected chi connectivity index (χ2v) is 7.93. The number of hydrogen-bond donors (Lipinski definition) is 0. The Morgan fingerprint density at radius 2 is 1.46 bits per heavy atom. The van der Waals surface area contributed by atoms with Crippen molar-refractivity contribution in [2.45, 2.75) is 44.2 Å². The lowest BCUT2D eigenvalue weighted by molar-refractivity contribution is -0.150. The predicted molar refractivity (Wildman–Crippen MR) is 99.5 cm³/mol. The van der Waals surface area contributed by atoms with Gasteiger partial charge in [-0.25, -0.2) is 10.0 Å². The van der Waals surface area contributed by atoms with E-state index in [1.807, 2.05) is 49.4 Å². The van der Waals surface area contributed by atoms with Crippen LogP contribution >= 0.6 is 11.6 Å². The molecule has 5 heteroatoms. The molecule has 2 amide bonds. The summed E-state index contributed by atoms with van der Waals surface area (Å²) in [4.78, 5) is 26.2. The molecule has 0 spiro atoms. The smallest absolute Gasteiger partial charge is 0.258 e. The van der Waals surface area contributed by atoms with Crippen molar-refractivity contribution in [3.05, 3.63) is 58.6 Å². The number of benzene rings is 2. The summed E-state index contributed by atoms with van der Waals surface area (Å²) in [6, 6.07) is 14.0. The van der Waals surface area contributed by atoms with E-state index in [9.17, 15) is 9.59 Å². The van der Waals surface area contributed by atoms with Crippen LogP contribution in [0.4, 0.5) is 0 Å². The van der Waals surface area contributed by atoms with Gasteiger partial charge in [-0.3, -0.25) is 9.59 Å². The molecule has 4 nitrogen and oxygen atoms in total. The molecule has 2 saturated heterocycles.